The lowest BCUT2D eigenvalue weighted by atomic mass is 10.3. The Bertz CT molecular complexity index is 878. The molecule has 138 valence electrons. The zero-order chi connectivity index (χ0) is 18.6. The van der Waals surface area contributed by atoms with Crippen LogP contribution < -0.4 is 4.31 Å². The molecule has 1 aromatic carbocycles. The van der Waals surface area contributed by atoms with E-state index in [-0.39, 0.29) is 17.3 Å². The van der Waals surface area contributed by atoms with E-state index in [1.807, 2.05) is 6.92 Å². The van der Waals surface area contributed by atoms with Crippen molar-refractivity contribution in [3.05, 3.63) is 53.7 Å². The predicted octanol–water partition coefficient (Wildman–Crippen LogP) is 3.25. The molecule has 1 heterocycles. The Morgan fingerprint density at radius 2 is 2.04 bits per heavy atom. The number of carbonyl (C=O) groups is 1. The fourth-order valence-corrected chi connectivity index (χ4v) is 5.22. The van der Waals surface area contributed by atoms with Gasteiger partial charge in [0.15, 0.2) is 5.13 Å². The van der Waals surface area contributed by atoms with E-state index in [9.17, 15) is 13.2 Å². The molecular weight excluding hydrogens is 370 g/mol. The molecule has 0 spiro atoms. The Hall–Kier alpha value is -2.19. The minimum Gasteiger partial charge on any atom is -0.315 e. The number of benzene rings is 1. The van der Waals surface area contributed by atoms with Crippen LogP contribution >= 0.6 is 11.3 Å². The maximum atomic E-state index is 13.1. The van der Waals surface area contributed by atoms with Gasteiger partial charge in [-0.15, -0.1) is 11.3 Å². The van der Waals surface area contributed by atoms with Gasteiger partial charge in [-0.1, -0.05) is 24.3 Å². The van der Waals surface area contributed by atoms with Gasteiger partial charge in [0.2, 0.25) is 5.91 Å². The number of rotatable bonds is 7. The van der Waals surface area contributed by atoms with Crippen LogP contribution in [0.5, 0.6) is 0 Å². The van der Waals surface area contributed by atoms with Crippen LogP contribution in [0.2, 0.25) is 0 Å². The Morgan fingerprint density at radius 1 is 1.27 bits per heavy atom. The average Bonchev–Trinajstić information content (AvgIpc) is 3.35. The van der Waals surface area contributed by atoms with E-state index < -0.39 is 10.0 Å². The highest BCUT2D eigenvalue weighted by molar-refractivity contribution is 7.93. The van der Waals surface area contributed by atoms with Gasteiger partial charge in [-0.3, -0.25) is 4.79 Å². The molecular formula is C18H21N3O3S2. The van der Waals surface area contributed by atoms with Gasteiger partial charge < -0.3 is 4.90 Å². The number of allylic oxidation sites excluding steroid dienone is 2. The summed E-state index contributed by atoms with van der Waals surface area (Å²) >= 11 is 1.20. The first kappa shape index (κ1) is 18.6. The van der Waals surface area contributed by atoms with Crippen LogP contribution in [-0.2, 0) is 14.8 Å². The van der Waals surface area contributed by atoms with Gasteiger partial charge in [0.05, 0.1) is 4.90 Å². The molecule has 1 amide bonds. The van der Waals surface area contributed by atoms with E-state index in [0.717, 1.165) is 29.3 Å². The van der Waals surface area contributed by atoms with E-state index in [4.69, 9.17) is 0 Å². The molecule has 1 aliphatic rings. The van der Waals surface area contributed by atoms with Crippen molar-refractivity contribution in [3.8, 4) is 0 Å². The van der Waals surface area contributed by atoms with Gasteiger partial charge in [-0.25, -0.2) is 17.7 Å². The summed E-state index contributed by atoms with van der Waals surface area (Å²) in [5.41, 5.74) is 0.980. The fourth-order valence-electron chi connectivity index (χ4n) is 2.96. The molecule has 2 aromatic rings. The van der Waals surface area contributed by atoms with Crippen LogP contribution in [0.15, 0.2) is 58.6 Å². The van der Waals surface area contributed by atoms with Crippen LogP contribution in [-0.4, -0.2) is 37.3 Å². The molecule has 6 nitrogen and oxygen atoms in total. The monoisotopic (exact) mass is 391 g/mol. The van der Waals surface area contributed by atoms with E-state index in [0.29, 0.717) is 11.7 Å². The summed E-state index contributed by atoms with van der Waals surface area (Å²) in [5, 5.41) is 1.99. The Morgan fingerprint density at radius 3 is 2.62 bits per heavy atom. The number of likely N-dealkylation sites (N-methyl/N-ethyl adjacent to an activating group) is 1. The molecule has 0 N–H and O–H groups in total. The van der Waals surface area contributed by atoms with Crippen molar-refractivity contribution in [2.24, 2.45) is 0 Å². The summed E-state index contributed by atoms with van der Waals surface area (Å²) in [5.74, 6) is -0.240. The predicted molar refractivity (Wildman–Crippen MR) is 102 cm³/mol. The quantitative estimate of drug-likeness (QED) is 0.726. The van der Waals surface area contributed by atoms with Crippen molar-refractivity contribution < 1.29 is 13.2 Å². The lowest BCUT2D eigenvalue weighted by molar-refractivity contribution is -0.127. The first-order valence-electron chi connectivity index (χ1n) is 8.50. The SMILES string of the molecule is CCN(C(=O)CN(c1nccs1)S(=O)(=O)c1ccccc1)C1=CCCC1. The van der Waals surface area contributed by atoms with Crippen molar-refractivity contribution in [2.75, 3.05) is 17.4 Å². The molecule has 1 aromatic heterocycles. The normalized spacial score (nSPS) is 14.1. The summed E-state index contributed by atoms with van der Waals surface area (Å²) in [6.07, 6.45) is 6.42. The number of hydrogen-bond acceptors (Lipinski definition) is 5. The largest absolute Gasteiger partial charge is 0.315 e. The number of aromatic nitrogens is 1. The van der Waals surface area contributed by atoms with Crippen LogP contribution in [0.4, 0.5) is 5.13 Å². The van der Waals surface area contributed by atoms with Gasteiger partial charge in [0, 0.05) is 23.8 Å². The molecule has 26 heavy (non-hydrogen) atoms. The van der Waals surface area contributed by atoms with Gasteiger partial charge >= 0.3 is 0 Å². The van der Waals surface area contributed by atoms with Gasteiger partial charge in [-0.2, -0.15) is 0 Å². The molecule has 1 aliphatic carbocycles. The fraction of sp³-hybridized carbons (Fsp3) is 0.333. The number of anilines is 1. The molecule has 8 heteroatoms. The summed E-state index contributed by atoms with van der Waals surface area (Å²) in [6.45, 7) is 2.15. The topological polar surface area (TPSA) is 70.6 Å². The standard InChI is InChI=1S/C18H21N3O3S2/c1-2-20(15-8-6-7-9-15)17(22)14-21(18-19-12-13-25-18)26(23,24)16-10-4-3-5-11-16/h3-5,8,10-13H,2,6-7,9,14H2,1H3. The Balaban J connectivity index is 1.92. The van der Waals surface area contributed by atoms with Crippen molar-refractivity contribution in [2.45, 2.75) is 31.1 Å². The molecule has 0 saturated carbocycles. The first-order valence-corrected chi connectivity index (χ1v) is 10.8. The molecule has 3 rings (SSSR count). The van der Waals surface area contributed by atoms with Crippen molar-refractivity contribution in [3.63, 3.8) is 0 Å². The van der Waals surface area contributed by atoms with Gasteiger partial charge in [-0.05, 0) is 38.3 Å². The molecule has 0 fully saturated rings. The minimum atomic E-state index is -3.87. The first-order chi connectivity index (χ1) is 12.5. The lowest BCUT2D eigenvalue weighted by Crippen LogP contribution is -2.42. The summed E-state index contributed by atoms with van der Waals surface area (Å²) in [6, 6.07) is 8.13. The number of hydrogen-bond donors (Lipinski definition) is 0. The van der Waals surface area contributed by atoms with Crippen LogP contribution in [0.1, 0.15) is 26.2 Å². The van der Waals surface area contributed by atoms with E-state index in [1.54, 1.807) is 28.5 Å². The van der Waals surface area contributed by atoms with Gasteiger partial charge in [0.25, 0.3) is 10.0 Å². The average molecular weight is 392 g/mol. The number of amides is 1. The van der Waals surface area contributed by atoms with Crippen LogP contribution in [0.25, 0.3) is 0 Å². The highest BCUT2D eigenvalue weighted by Crippen LogP contribution is 2.27. The molecule has 0 saturated heterocycles. The highest BCUT2D eigenvalue weighted by Gasteiger charge is 2.31. The minimum absolute atomic E-state index is 0.145. The van der Waals surface area contributed by atoms with E-state index in [2.05, 4.69) is 11.1 Å². The second-order valence-corrected chi connectivity index (χ2v) is 8.60. The number of thiazole rings is 1. The zero-order valence-corrected chi connectivity index (χ0v) is 16.2. The summed E-state index contributed by atoms with van der Waals surface area (Å²) in [7, 11) is -3.87. The third-order valence-electron chi connectivity index (χ3n) is 4.22. The van der Waals surface area contributed by atoms with E-state index >= 15 is 0 Å². The molecule has 0 atom stereocenters. The molecule has 0 radical (unpaired) electrons. The maximum Gasteiger partial charge on any atom is 0.266 e. The molecule has 0 bridgehead atoms. The lowest BCUT2D eigenvalue weighted by Gasteiger charge is -2.27. The number of carbonyl (C=O) groups excluding carboxylic acids is 1. The van der Waals surface area contributed by atoms with Crippen molar-refractivity contribution in [1.29, 1.82) is 0 Å². The summed E-state index contributed by atoms with van der Waals surface area (Å²) in [4.78, 5) is 18.8. The smallest absolute Gasteiger partial charge is 0.266 e. The zero-order valence-electron chi connectivity index (χ0n) is 14.5. The number of sulfonamides is 1. The van der Waals surface area contributed by atoms with Gasteiger partial charge in [0.1, 0.15) is 6.54 Å². The molecule has 0 unspecified atom stereocenters. The summed E-state index contributed by atoms with van der Waals surface area (Å²) < 4.78 is 27.3. The van der Waals surface area contributed by atoms with E-state index in [1.165, 1.54) is 29.7 Å². The highest BCUT2D eigenvalue weighted by atomic mass is 32.2. The van der Waals surface area contributed by atoms with Crippen LogP contribution in [0.3, 0.4) is 0 Å². The second kappa shape index (κ2) is 8.01. The Kier molecular flexibility index (Phi) is 5.73. The Labute approximate surface area is 157 Å². The number of nitrogens with zero attached hydrogens (tertiary/aromatic N) is 3. The maximum absolute atomic E-state index is 13.1. The third kappa shape index (κ3) is 3.81. The van der Waals surface area contributed by atoms with Crippen molar-refractivity contribution in [1.82, 2.24) is 9.88 Å². The van der Waals surface area contributed by atoms with Crippen molar-refractivity contribution >= 4 is 32.4 Å². The molecule has 0 aliphatic heterocycles. The second-order valence-electron chi connectivity index (χ2n) is 5.87. The van der Waals surface area contributed by atoms with Crippen LogP contribution in [0, 0.1) is 0 Å². The third-order valence-corrected chi connectivity index (χ3v) is 6.88.